The highest BCUT2D eigenvalue weighted by molar-refractivity contribution is 6.35. The molecular formula is C23H23Cl2N3O3. The second-order valence-electron chi connectivity index (χ2n) is 7.04. The summed E-state index contributed by atoms with van der Waals surface area (Å²) in [4.78, 5) is 18.4. The Morgan fingerprint density at radius 3 is 2.52 bits per heavy atom. The molecule has 3 aromatic rings. The van der Waals surface area contributed by atoms with E-state index in [0.29, 0.717) is 34.1 Å². The number of amides is 1. The molecule has 3 N–H and O–H groups in total. The van der Waals surface area contributed by atoms with E-state index in [9.17, 15) is 9.90 Å². The number of anilines is 1. The number of halogens is 2. The summed E-state index contributed by atoms with van der Waals surface area (Å²) in [5.74, 6) is 0.162. The largest absolute Gasteiger partial charge is 0.485 e. The zero-order chi connectivity index (χ0) is 22.4. The number of nitrogens with zero attached hydrogens (tertiary/aromatic N) is 2. The predicted octanol–water partition coefficient (Wildman–Crippen LogP) is 4.75. The number of ether oxygens (including phenoxy) is 1. The summed E-state index contributed by atoms with van der Waals surface area (Å²) in [6.45, 7) is 0.450. The van der Waals surface area contributed by atoms with Crippen molar-refractivity contribution < 1.29 is 14.6 Å². The molecule has 1 aromatic heterocycles. The van der Waals surface area contributed by atoms with Gasteiger partial charge >= 0.3 is 0 Å². The first-order valence-corrected chi connectivity index (χ1v) is 10.4. The zero-order valence-corrected chi connectivity index (χ0v) is 18.5. The summed E-state index contributed by atoms with van der Waals surface area (Å²) in [6, 6.07) is 16.0. The summed E-state index contributed by atoms with van der Waals surface area (Å²) in [5, 5.41) is 11.3. The quantitative estimate of drug-likeness (QED) is 0.507. The number of pyridine rings is 1. The predicted molar refractivity (Wildman–Crippen MR) is 122 cm³/mol. The van der Waals surface area contributed by atoms with Crippen molar-refractivity contribution in [3.05, 3.63) is 87.5 Å². The van der Waals surface area contributed by atoms with Gasteiger partial charge in [0, 0.05) is 35.4 Å². The summed E-state index contributed by atoms with van der Waals surface area (Å²) >= 11 is 12.3. The van der Waals surface area contributed by atoms with E-state index in [1.165, 1.54) is 11.1 Å². The second-order valence-corrected chi connectivity index (χ2v) is 7.85. The van der Waals surface area contributed by atoms with Crippen LogP contribution >= 0.6 is 23.2 Å². The molecule has 31 heavy (non-hydrogen) atoms. The topological polar surface area (TPSA) is 88.7 Å². The summed E-state index contributed by atoms with van der Waals surface area (Å²) in [7, 11) is 1.67. The number of rotatable bonds is 8. The summed E-state index contributed by atoms with van der Waals surface area (Å²) in [5.41, 5.74) is 7.66. The van der Waals surface area contributed by atoms with Crippen LogP contribution in [0.2, 0.25) is 10.0 Å². The fourth-order valence-electron chi connectivity index (χ4n) is 2.99. The minimum absolute atomic E-state index is 0.0845. The van der Waals surface area contributed by atoms with Crippen LogP contribution in [0.1, 0.15) is 34.0 Å². The van der Waals surface area contributed by atoms with Crippen LogP contribution < -0.4 is 10.5 Å². The van der Waals surface area contributed by atoms with Crippen LogP contribution in [0.15, 0.2) is 60.8 Å². The van der Waals surface area contributed by atoms with Crippen molar-refractivity contribution in [3.63, 3.8) is 0 Å². The molecule has 1 amide bonds. The van der Waals surface area contributed by atoms with Crippen LogP contribution in [0.25, 0.3) is 0 Å². The van der Waals surface area contributed by atoms with Crippen molar-refractivity contribution in [2.45, 2.75) is 19.1 Å². The van der Waals surface area contributed by atoms with Crippen molar-refractivity contribution in [1.82, 2.24) is 9.88 Å². The van der Waals surface area contributed by atoms with Crippen LogP contribution in [0.5, 0.6) is 5.75 Å². The SMILES string of the molecule is CN(CCC(O)c1ccccc1)C(=O)c1cnc(N)c(OCc2c(Cl)cccc2Cl)c1. The normalized spacial score (nSPS) is 11.7. The number of aromatic nitrogens is 1. The van der Waals surface area contributed by atoms with Gasteiger partial charge in [0.15, 0.2) is 11.6 Å². The molecule has 0 radical (unpaired) electrons. The Balaban J connectivity index is 1.65. The van der Waals surface area contributed by atoms with Gasteiger partial charge in [-0.25, -0.2) is 4.98 Å². The van der Waals surface area contributed by atoms with Gasteiger partial charge in [-0.15, -0.1) is 0 Å². The molecule has 3 rings (SSSR count). The van der Waals surface area contributed by atoms with Crippen LogP contribution in [0, 0.1) is 0 Å². The lowest BCUT2D eigenvalue weighted by molar-refractivity contribution is 0.0760. The molecule has 8 heteroatoms. The van der Waals surface area contributed by atoms with E-state index in [1.54, 1.807) is 31.3 Å². The van der Waals surface area contributed by atoms with Crippen molar-refractivity contribution in [3.8, 4) is 5.75 Å². The maximum absolute atomic E-state index is 12.8. The maximum Gasteiger partial charge on any atom is 0.255 e. The van der Waals surface area contributed by atoms with Gasteiger partial charge in [0.05, 0.1) is 11.7 Å². The van der Waals surface area contributed by atoms with Gasteiger partial charge in [0.25, 0.3) is 5.91 Å². The third kappa shape index (κ3) is 5.88. The Morgan fingerprint density at radius 2 is 1.84 bits per heavy atom. The van der Waals surface area contributed by atoms with Crippen LogP contribution in [0.3, 0.4) is 0 Å². The molecule has 0 aliphatic heterocycles. The minimum Gasteiger partial charge on any atom is -0.485 e. The fourth-order valence-corrected chi connectivity index (χ4v) is 3.49. The van der Waals surface area contributed by atoms with Gasteiger partial charge in [0.1, 0.15) is 6.61 Å². The van der Waals surface area contributed by atoms with Crippen LogP contribution in [0.4, 0.5) is 5.82 Å². The summed E-state index contributed by atoms with van der Waals surface area (Å²) < 4.78 is 5.74. The molecule has 162 valence electrons. The molecule has 0 bridgehead atoms. The molecule has 0 fully saturated rings. The third-order valence-corrected chi connectivity index (χ3v) is 5.54. The van der Waals surface area contributed by atoms with Gasteiger partial charge in [-0.3, -0.25) is 4.79 Å². The van der Waals surface area contributed by atoms with Crippen molar-refractivity contribution >= 4 is 34.9 Å². The molecule has 6 nitrogen and oxygen atoms in total. The van der Waals surface area contributed by atoms with E-state index in [1.807, 2.05) is 30.3 Å². The number of hydrogen-bond donors (Lipinski definition) is 2. The van der Waals surface area contributed by atoms with Crippen LogP contribution in [-0.2, 0) is 6.61 Å². The first-order chi connectivity index (χ1) is 14.9. The monoisotopic (exact) mass is 459 g/mol. The van der Waals surface area contributed by atoms with Crippen molar-refractivity contribution in [1.29, 1.82) is 0 Å². The lowest BCUT2D eigenvalue weighted by atomic mass is 10.1. The number of nitrogens with two attached hydrogens (primary N) is 1. The molecule has 0 aliphatic rings. The Morgan fingerprint density at radius 1 is 1.16 bits per heavy atom. The van der Waals surface area contributed by atoms with Gasteiger partial charge in [-0.05, 0) is 30.2 Å². The highest BCUT2D eigenvalue weighted by atomic mass is 35.5. The molecular weight excluding hydrogens is 437 g/mol. The highest BCUT2D eigenvalue weighted by Crippen LogP contribution is 2.28. The number of aliphatic hydroxyl groups excluding tert-OH is 1. The Kier molecular flexibility index (Phi) is 7.74. The van der Waals surface area contributed by atoms with E-state index in [-0.39, 0.29) is 24.1 Å². The van der Waals surface area contributed by atoms with Gasteiger partial charge < -0.3 is 20.5 Å². The smallest absolute Gasteiger partial charge is 0.255 e. The van der Waals surface area contributed by atoms with E-state index in [4.69, 9.17) is 33.7 Å². The molecule has 0 saturated carbocycles. The Bertz CT molecular complexity index is 1030. The average molecular weight is 460 g/mol. The zero-order valence-electron chi connectivity index (χ0n) is 17.0. The van der Waals surface area contributed by atoms with Crippen LogP contribution in [-0.4, -0.2) is 34.5 Å². The lowest BCUT2D eigenvalue weighted by Gasteiger charge is -2.20. The maximum atomic E-state index is 12.8. The molecule has 0 spiro atoms. The number of benzene rings is 2. The first kappa shape index (κ1) is 22.9. The average Bonchev–Trinajstić information content (AvgIpc) is 2.78. The number of hydrogen-bond acceptors (Lipinski definition) is 5. The van der Waals surface area contributed by atoms with E-state index < -0.39 is 6.10 Å². The fraction of sp³-hybridized carbons (Fsp3) is 0.217. The number of aliphatic hydroxyl groups is 1. The first-order valence-electron chi connectivity index (χ1n) is 9.66. The van der Waals surface area contributed by atoms with Crippen molar-refractivity contribution in [2.75, 3.05) is 19.3 Å². The van der Waals surface area contributed by atoms with Gasteiger partial charge in [0.2, 0.25) is 0 Å². The van der Waals surface area contributed by atoms with E-state index in [0.717, 1.165) is 5.56 Å². The van der Waals surface area contributed by atoms with E-state index >= 15 is 0 Å². The van der Waals surface area contributed by atoms with Gasteiger partial charge in [-0.2, -0.15) is 0 Å². The lowest BCUT2D eigenvalue weighted by Crippen LogP contribution is -2.29. The molecule has 1 unspecified atom stereocenters. The standard InChI is InChI=1S/C23H23Cl2N3O3/c1-28(11-10-20(29)15-6-3-2-4-7-15)23(30)16-12-21(22(26)27-13-16)31-14-17-18(24)8-5-9-19(17)25/h2-9,12-13,20,29H,10-11,14H2,1H3,(H2,26,27). The van der Waals surface area contributed by atoms with E-state index in [2.05, 4.69) is 4.98 Å². The molecule has 1 atom stereocenters. The third-order valence-electron chi connectivity index (χ3n) is 4.83. The number of nitrogen functional groups attached to an aromatic ring is 1. The molecule has 1 heterocycles. The summed E-state index contributed by atoms with van der Waals surface area (Å²) in [6.07, 6.45) is 1.15. The Hall–Kier alpha value is -2.80. The van der Waals surface area contributed by atoms with Gasteiger partial charge in [-0.1, -0.05) is 59.6 Å². The Labute approximate surface area is 191 Å². The minimum atomic E-state index is -0.653. The second kappa shape index (κ2) is 10.5. The number of carbonyl (C=O) groups is 1. The number of carbonyl (C=O) groups excluding carboxylic acids is 1. The van der Waals surface area contributed by atoms with Crippen molar-refractivity contribution in [2.24, 2.45) is 0 Å². The molecule has 0 saturated heterocycles. The molecule has 2 aromatic carbocycles. The highest BCUT2D eigenvalue weighted by Gasteiger charge is 2.17. The molecule has 0 aliphatic carbocycles.